The number of nitrogens with one attached hydrogen (secondary N) is 2. The fourth-order valence-electron chi connectivity index (χ4n) is 2.26. The summed E-state index contributed by atoms with van der Waals surface area (Å²) in [5.41, 5.74) is 0.962. The molecule has 2 N–H and O–H groups in total. The quantitative estimate of drug-likeness (QED) is 0.885. The van der Waals surface area contributed by atoms with Crippen molar-refractivity contribution in [3.8, 4) is 5.75 Å². The summed E-state index contributed by atoms with van der Waals surface area (Å²) in [6, 6.07) is 4.24. The summed E-state index contributed by atoms with van der Waals surface area (Å²) in [6.45, 7) is 2.16. The van der Waals surface area contributed by atoms with Gasteiger partial charge in [0.25, 0.3) is 0 Å². The van der Waals surface area contributed by atoms with E-state index in [9.17, 15) is 0 Å². The van der Waals surface area contributed by atoms with Gasteiger partial charge in [0.05, 0.1) is 17.3 Å². The van der Waals surface area contributed by atoms with Crippen molar-refractivity contribution in [1.29, 1.82) is 0 Å². The zero-order valence-corrected chi connectivity index (χ0v) is 12.8. The summed E-state index contributed by atoms with van der Waals surface area (Å²) >= 11 is 9.57. The highest BCUT2D eigenvalue weighted by Crippen LogP contribution is 2.37. The van der Waals surface area contributed by atoms with Gasteiger partial charge in [-0.1, -0.05) is 11.6 Å². The van der Waals surface area contributed by atoms with Gasteiger partial charge in [0, 0.05) is 11.1 Å². The average Bonchev–Trinajstić information content (AvgIpc) is 2.57. The van der Waals surface area contributed by atoms with E-state index < -0.39 is 0 Å². The van der Waals surface area contributed by atoms with Gasteiger partial charge < -0.3 is 15.4 Å². The predicted molar refractivity (Wildman–Crippen MR) is 79.8 cm³/mol. The Bertz CT molecular complexity index is 406. The Kier molecular flexibility index (Phi) is 5.15. The summed E-state index contributed by atoms with van der Waals surface area (Å²) in [4.78, 5) is 0. The highest BCUT2D eigenvalue weighted by Gasteiger charge is 2.15. The van der Waals surface area contributed by atoms with E-state index in [0.717, 1.165) is 35.4 Å². The number of hydrogen-bond donors (Lipinski definition) is 2. The molecule has 1 saturated heterocycles. The van der Waals surface area contributed by atoms with Crippen LogP contribution in [0, 0.1) is 0 Å². The lowest BCUT2D eigenvalue weighted by Crippen LogP contribution is -2.21. The molecule has 5 heteroatoms. The minimum atomic E-state index is 0.472. The summed E-state index contributed by atoms with van der Waals surface area (Å²) < 4.78 is 6.30. The number of ether oxygens (including phenoxy) is 1. The molecule has 0 aliphatic carbocycles. The zero-order chi connectivity index (χ0) is 13.0. The molecule has 3 nitrogen and oxygen atoms in total. The second-order valence-corrected chi connectivity index (χ2v) is 5.78. The van der Waals surface area contributed by atoms with Gasteiger partial charge in [-0.05, 0) is 60.4 Å². The zero-order valence-electron chi connectivity index (χ0n) is 10.4. The number of rotatable bonds is 3. The minimum absolute atomic E-state index is 0.472. The second-order valence-electron chi connectivity index (χ2n) is 4.49. The highest BCUT2D eigenvalue weighted by atomic mass is 79.9. The molecule has 1 atom stereocenters. The molecule has 0 saturated carbocycles. The molecule has 1 aliphatic rings. The molecule has 0 radical (unpaired) electrons. The third-order valence-electron chi connectivity index (χ3n) is 3.15. The van der Waals surface area contributed by atoms with Crippen LogP contribution in [0.3, 0.4) is 0 Å². The van der Waals surface area contributed by atoms with Crippen molar-refractivity contribution in [2.24, 2.45) is 0 Å². The van der Waals surface area contributed by atoms with Crippen LogP contribution in [-0.2, 0) is 0 Å². The molecule has 0 aromatic heterocycles. The van der Waals surface area contributed by atoms with Crippen LogP contribution in [0.4, 0.5) is 5.69 Å². The lowest BCUT2D eigenvalue weighted by molar-refractivity contribution is 0.413. The van der Waals surface area contributed by atoms with E-state index in [1.54, 1.807) is 7.11 Å². The van der Waals surface area contributed by atoms with Crippen molar-refractivity contribution >= 4 is 33.2 Å². The molecule has 0 amide bonds. The number of methoxy groups -OCH3 is 1. The first kappa shape index (κ1) is 14.0. The van der Waals surface area contributed by atoms with Crippen molar-refractivity contribution in [3.63, 3.8) is 0 Å². The topological polar surface area (TPSA) is 33.3 Å². The Hall–Kier alpha value is -0.450. The van der Waals surface area contributed by atoms with Crippen LogP contribution in [0.25, 0.3) is 0 Å². The molecule has 1 aliphatic heterocycles. The van der Waals surface area contributed by atoms with Crippen LogP contribution >= 0.6 is 27.5 Å². The number of hydrogen-bond acceptors (Lipinski definition) is 3. The lowest BCUT2D eigenvalue weighted by Gasteiger charge is -2.20. The Morgan fingerprint density at radius 1 is 1.39 bits per heavy atom. The number of anilines is 1. The first-order valence-electron chi connectivity index (χ1n) is 6.21. The Morgan fingerprint density at radius 2 is 2.22 bits per heavy atom. The fourth-order valence-corrected chi connectivity index (χ4v) is 3.23. The summed E-state index contributed by atoms with van der Waals surface area (Å²) in [5.74, 6) is 0.816. The van der Waals surface area contributed by atoms with E-state index >= 15 is 0 Å². The molecule has 1 aromatic rings. The maximum Gasteiger partial charge on any atom is 0.156 e. The molecular formula is C13H18BrClN2O. The monoisotopic (exact) mass is 332 g/mol. The number of halogens is 2. The first-order chi connectivity index (χ1) is 8.70. The van der Waals surface area contributed by atoms with Gasteiger partial charge in [0.2, 0.25) is 0 Å². The predicted octanol–water partition coefficient (Wildman–Crippen LogP) is 3.67. The van der Waals surface area contributed by atoms with Gasteiger partial charge in [0.15, 0.2) is 5.75 Å². The standard InChI is InChI=1S/C13H18BrClN2O/c1-18-13-11(14)7-9(15)8-12(13)17-10-3-2-5-16-6-4-10/h7-8,10,16-17H,2-6H2,1H3. The van der Waals surface area contributed by atoms with Crippen LogP contribution in [0.1, 0.15) is 19.3 Å². The minimum Gasteiger partial charge on any atom is -0.493 e. The fraction of sp³-hybridized carbons (Fsp3) is 0.538. The van der Waals surface area contributed by atoms with E-state index in [1.807, 2.05) is 12.1 Å². The van der Waals surface area contributed by atoms with Gasteiger partial charge in [0.1, 0.15) is 0 Å². The van der Waals surface area contributed by atoms with E-state index in [2.05, 4.69) is 26.6 Å². The number of benzene rings is 1. The van der Waals surface area contributed by atoms with E-state index in [4.69, 9.17) is 16.3 Å². The molecule has 1 heterocycles. The van der Waals surface area contributed by atoms with E-state index in [-0.39, 0.29) is 0 Å². The molecule has 100 valence electrons. The Balaban J connectivity index is 2.16. The molecule has 0 spiro atoms. The average molecular weight is 334 g/mol. The van der Waals surface area contributed by atoms with Gasteiger partial charge in [-0.3, -0.25) is 0 Å². The van der Waals surface area contributed by atoms with Gasteiger partial charge in [-0.2, -0.15) is 0 Å². The van der Waals surface area contributed by atoms with Crippen LogP contribution in [0.15, 0.2) is 16.6 Å². The maximum absolute atomic E-state index is 6.09. The van der Waals surface area contributed by atoms with E-state index in [0.29, 0.717) is 11.1 Å². The van der Waals surface area contributed by atoms with Crippen LogP contribution < -0.4 is 15.4 Å². The third kappa shape index (κ3) is 3.53. The van der Waals surface area contributed by atoms with Gasteiger partial charge in [-0.25, -0.2) is 0 Å². The molecule has 1 aromatic carbocycles. The van der Waals surface area contributed by atoms with Crippen LogP contribution in [-0.4, -0.2) is 26.2 Å². The second kappa shape index (κ2) is 6.64. The lowest BCUT2D eigenvalue weighted by atomic mass is 10.1. The van der Waals surface area contributed by atoms with Crippen LogP contribution in [0.5, 0.6) is 5.75 Å². The van der Waals surface area contributed by atoms with Crippen molar-refractivity contribution in [2.45, 2.75) is 25.3 Å². The van der Waals surface area contributed by atoms with Crippen molar-refractivity contribution in [3.05, 3.63) is 21.6 Å². The smallest absolute Gasteiger partial charge is 0.156 e. The van der Waals surface area contributed by atoms with E-state index in [1.165, 1.54) is 12.8 Å². The van der Waals surface area contributed by atoms with Gasteiger partial charge in [-0.15, -0.1) is 0 Å². The largest absolute Gasteiger partial charge is 0.493 e. The van der Waals surface area contributed by atoms with Crippen LogP contribution in [0.2, 0.25) is 5.02 Å². The molecule has 1 unspecified atom stereocenters. The SMILES string of the molecule is COc1c(Br)cc(Cl)cc1NC1CCCNCC1. The summed E-state index contributed by atoms with van der Waals surface area (Å²) in [6.07, 6.45) is 3.48. The van der Waals surface area contributed by atoms with Gasteiger partial charge >= 0.3 is 0 Å². The first-order valence-corrected chi connectivity index (χ1v) is 7.38. The van der Waals surface area contributed by atoms with Crippen molar-refractivity contribution in [2.75, 3.05) is 25.5 Å². The molecule has 2 rings (SSSR count). The summed E-state index contributed by atoms with van der Waals surface area (Å²) in [5, 5.41) is 7.66. The Labute approximate surface area is 121 Å². The molecule has 18 heavy (non-hydrogen) atoms. The Morgan fingerprint density at radius 3 is 3.00 bits per heavy atom. The summed E-state index contributed by atoms with van der Waals surface area (Å²) in [7, 11) is 1.67. The van der Waals surface area contributed by atoms with Crippen molar-refractivity contribution in [1.82, 2.24) is 5.32 Å². The third-order valence-corrected chi connectivity index (χ3v) is 3.96. The maximum atomic E-state index is 6.09. The van der Waals surface area contributed by atoms with Crippen molar-refractivity contribution < 1.29 is 4.74 Å². The molecular weight excluding hydrogens is 316 g/mol. The molecule has 0 bridgehead atoms. The highest BCUT2D eigenvalue weighted by molar-refractivity contribution is 9.10. The molecule has 1 fully saturated rings. The normalized spacial score (nSPS) is 20.3.